The lowest BCUT2D eigenvalue weighted by atomic mass is 10.6. The molecular weight excluding hydrogens is 176 g/mol. The second-order valence-electron chi connectivity index (χ2n) is 1.86. The van der Waals surface area contributed by atoms with Crippen LogP contribution in [0.3, 0.4) is 0 Å². The zero-order chi connectivity index (χ0) is 8.81. The zero-order valence-corrected chi connectivity index (χ0v) is 7.26. The van der Waals surface area contributed by atoms with Crippen molar-refractivity contribution in [1.29, 1.82) is 0 Å². The zero-order valence-electron chi connectivity index (χ0n) is 6.44. The lowest BCUT2D eigenvalue weighted by Gasteiger charge is -1.93. The van der Waals surface area contributed by atoms with E-state index in [1.807, 2.05) is 5.38 Å². The summed E-state index contributed by atoms with van der Waals surface area (Å²) in [6.07, 6.45) is 1.48. The molecule has 0 atom stereocenters. The first kappa shape index (κ1) is 8.66. The number of hydrazone groups is 1. The lowest BCUT2D eigenvalue weighted by Crippen LogP contribution is -2.28. The third-order valence-corrected chi connectivity index (χ3v) is 1.65. The second kappa shape index (κ2) is 4.45. The van der Waals surface area contributed by atoms with Crippen molar-refractivity contribution in [2.24, 2.45) is 5.10 Å². The topological polar surface area (TPSA) is 66.4 Å². The Bertz CT molecular complexity index is 269. The van der Waals surface area contributed by atoms with Crippen LogP contribution in [-0.2, 0) is 0 Å². The van der Waals surface area contributed by atoms with Crippen molar-refractivity contribution in [2.45, 2.75) is 0 Å². The molecular formula is C6H8N4OS. The maximum absolute atomic E-state index is 10.6. The van der Waals surface area contributed by atoms with E-state index in [0.717, 1.165) is 5.69 Å². The quantitative estimate of drug-likeness (QED) is 0.516. The van der Waals surface area contributed by atoms with Gasteiger partial charge in [0.1, 0.15) is 0 Å². The Morgan fingerprint density at radius 2 is 2.67 bits per heavy atom. The van der Waals surface area contributed by atoms with Gasteiger partial charge in [0.25, 0.3) is 0 Å². The van der Waals surface area contributed by atoms with E-state index in [2.05, 4.69) is 20.8 Å². The van der Waals surface area contributed by atoms with Gasteiger partial charge in [0.05, 0.1) is 17.4 Å². The Kier molecular flexibility index (Phi) is 3.21. The fourth-order valence-corrected chi connectivity index (χ4v) is 1.00. The summed E-state index contributed by atoms with van der Waals surface area (Å²) < 4.78 is 0. The van der Waals surface area contributed by atoms with Crippen LogP contribution >= 0.6 is 11.3 Å². The normalized spacial score (nSPS) is 10.1. The van der Waals surface area contributed by atoms with Crippen molar-refractivity contribution in [2.75, 3.05) is 7.05 Å². The molecule has 1 aromatic rings. The van der Waals surface area contributed by atoms with Gasteiger partial charge >= 0.3 is 6.03 Å². The number of hydrogen-bond acceptors (Lipinski definition) is 4. The summed E-state index contributed by atoms with van der Waals surface area (Å²) in [5, 5.41) is 7.83. The van der Waals surface area contributed by atoms with E-state index in [-0.39, 0.29) is 6.03 Å². The fraction of sp³-hybridized carbons (Fsp3) is 0.167. The smallest absolute Gasteiger partial charge is 0.334 e. The maximum atomic E-state index is 10.6. The van der Waals surface area contributed by atoms with Crippen molar-refractivity contribution in [3.05, 3.63) is 16.6 Å². The third-order valence-electron chi connectivity index (χ3n) is 1.04. The van der Waals surface area contributed by atoms with Gasteiger partial charge in [-0.2, -0.15) is 5.10 Å². The van der Waals surface area contributed by atoms with Crippen molar-refractivity contribution >= 4 is 23.6 Å². The molecule has 2 amide bonds. The molecule has 0 spiro atoms. The molecule has 6 heteroatoms. The molecule has 1 heterocycles. The number of urea groups is 1. The molecule has 64 valence electrons. The van der Waals surface area contributed by atoms with E-state index in [9.17, 15) is 4.79 Å². The average molecular weight is 184 g/mol. The molecule has 2 N–H and O–H groups in total. The van der Waals surface area contributed by atoms with Gasteiger partial charge in [-0.05, 0) is 0 Å². The number of rotatable bonds is 2. The number of nitrogens with one attached hydrogen (secondary N) is 2. The van der Waals surface area contributed by atoms with Crippen LogP contribution in [0.1, 0.15) is 5.69 Å². The SMILES string of the molecule is CNC(=O)NN=Cc1cscn1. The number of hydrogen-bond donors (Lipinski definition) is 2. The standard InChI is InChI=1S/C6H8N4OS/c1-7-6(11)10-9-2-5-3-12-4-8-5/h2-4H,1H3,(H2,7,10,11). The summed E-state index contributed by atoms with van der Waals surface area (Å²) in [6, 6.07) is -0.346. The molecule has 0 saturated heterocycles. The molecule has 1 aromatic heterocycles. The molecule has 0 radical (unpaired) electrons. The molecule has 0 fully saturated rings. The van der Waals surface area contributed by atoms with E-state index >= 15 is 0 Å². The molecule has 1 rings (SSSR count). The highest BCUT2D eigenvalue weighted by molar-refractivity contribution is 7.07. The number of carbonyl (C=O) groups is 1. The molecule has 0 unspecified atom stereocenters. The van der Waals surface area contributed by atoms with Crippen molar-refractivity contribution in [3.8, 4) is 0 Å². The van der Waals surface area contributed by atoms with Crippen LogP contribution in [0.4, 0.5) is 4.79 Å². The van der Waals surface area contributed by atoms with Crippen molar-refractivity contribution < 1.29 is 4.79 Å². The highest BCUT2D eigenvalue weighted by Gasteiger charge is 1.90. The molecule has 0 aromatic carbocycles. The van der Waals surface area contributed by atoms with Gasteiger partial charge in [0.15, 0.2) is 0 Å². The van der Waals surface area contributed by atoms with Gasteiger partial charge in [-0.3, -0.25) is 0 Å². The lowest BCUT2D eigenvalue weighted by molar-refractivity contribution is 0.243. The largest absolute Gasteiger partial charge is 0.340 e. The summed E-state index contributed by atoms with van der Waals surface area (Å²) in [7, 11) is 1.52. The van der Waals surface area contributed by atoms with Crippen LogP contribution in [0.2, 0.25) is 0 Å². The minimum Gasteiger partial charge on any atom is -0.340 e. The van der Waals surface area contributed by atoms with E-state index in [0.29, 0.717) is 0 Å². The number of aromatic nitrogens is 1. The molecule has 0 saturated carbocycles. The predicted molar refractivity (Wildman–Crippen MR) is 47.3 cm³/mol. The molecule has 0 aliphatic rings. The minimum absolute atomic E-state index is 0.346. The van der Waals surface area contributed by atoms with Gasteiger partial charge < -0.3 is 5.32 Å². The van der Waals surface area contributed by atoms with Crippen LogP contribution in [-0.4, -0.2) is 24.3 Å². The number of nitrogens with zero attached hydrogens (tertiary/aromatic N) is 2. The predicted octanol–water partition coefficient (Wildman–Crippen LogP) is 0.406. The summed E-state index contributed by atoms with van der Waals surface area (Å²) in [5.41, 5.74) is 4.68. The average Bonchev–Trinajstić information content (AvgIpc) is 2.57. The number of thiazole rings is 1. The van der Waals surface area contributed by atoms with E-state index in [1.54, 1.807) is 5.51 Å². The first-order valence-electron chi connectivity index (χ1n) is 3.22. The van der Waals surface area contributed by atoms with Crippen LogP contribution in [0, 0.1) is 0 Å². The summed E-state index contributed by atoms with van der Waals surface area (Å²) >= 11 is 1.47. The Morgan fingerprint density at radius 1 is 1.83 bits per heavy atom. The van der Waals surface area contributed by atoms with Gasteiger partial charge in [-0.15, -0.1) is 11.3 Å². The minimum atomic E-state index is -0.346. The van der Waals surface area contributed by atoms with Gasteiger partial charge in [-0.1, -0.05) is 0 Å². The van der Waals surface area contributed by atoms with Gasteiger partial charge in [-0.25, -0.2) is 15.2 Å². The summed E-state index contributed by atoms with van der Waals surface area (Å²) in [5.74, 6) is 0. The molecule has 0 bridgehead atoms. The van der Waals surface area contributed by atoms with E-state index in [4.69, 9.17) is 0 Å². The Morgan fingerprint density at radius 3 is 3.25 bits per heavy atom. The van der Waals surface area contributed by atoms with E-state index in [1.165, 1.54) is 24.6 Å². The van der Waals surface area contributed by atoms with Crippen LogP contribution < -0.4 is 10.7 Å². The van der Waals surface area contributed by atoms with Crippen molar-refractivity contribution in [3.63, 3.8) is 0 Å². The van der Waals surface area contributed by atoms with Crippen molar-refractivity contribution in [1.82, 2.24) is 15.7 Å². The molecule has 0 aliphatic heterocycles. The summed E-state index contributed by atoms with van der Waals surface area (Å²) in [4.78, 5) is 14.5. The number of amides is 2. The fourth-order valence-electron chi connectivity index (χ4n) is 0.499. The Hall–Kier alpha value is -1.43. The van der Waals surface area contributed by atoms with Gasteiger partial charge in [0.2, 0.25) is 0 Å². The number of carbonyl (C=O) groups excluding carboxylic acids is 1. The highest BCUT2D eigenvalue weighted by atomic mass is 32.1. The van der Waals surface area contributed by atoms with Gasteiger partial charge in [0, 0.05) is 12.4 Å². The van der Waals surface area contributed by atoms with E-state index < -0.39 is 0 Å². The second-order valence-corrected chi connectivity index (χ2v) is 2.58. The van der Waals surface area contributed by atoms with Crippen LogP contribution in [0.25, 0.3) is 0 Å². The Balaban J connectivity index is 2.37. The highest BCUT2D eigenvalue weighted by Crippen LogP contribution is 1.96. The first-order valence-corrected chi connectivity index (χ1v) is 4.16. The van der Waals surface area contributed by atoms with Crippen LogP contribution in [0.5, 0.6) is 0 Å². The monoisotopic (exact) mass is 184 g/mol. The molecule has 12 heavy (non-hydrogen) atoms. The molecule has 0 aliphatic carbocycles. The first-order chi connectivity index (χ1) is 5.83. The molecule has 5 nitrogen and oxygen atoms in total. The summed E-state index contributed by atoms with van der Waals surface area (Å²) in [6.45, 7) is 0. The third kappa shape index (κ3) is 2.67. The Labute approximate surface area is 73.5 Å². The van der Waals surface area contributed by atoms with Crippen LogP contribution in [0.15, 0.2) is 16.0 Å². The maximum Gasteiger partial charge on any atom is 0.334 e.